The molecular formula is C13H20N2O3S. The van der Waals surface area contributed by atoms with Crippen molar-refractivity contribution in [3.8, 4) is 0 Å². The molecule has 3 atom stereocenters. The molecule has 5 nitrogen and oxygen atoms in total. The second kappa shape index (κ2) is 4.77. The van der Waals surface area contributed by atoms with Crippen molar-refractivity contribution in [3.05, 3.63) is 29.3 Å². The summed E-state index contributed by atoms with van der Waals surface area (Å²) in [5.74, 6) is 0. The lowest BCUT2D eigenvalue weighted by Crippen LogP contribution is -2.34. The number of nitrogens with two attached hydrogens (primary N) is 1. The molecule has 3 N–H and O–H groups in total. The molecule has 0 aliphatic carbocycles. The minimum absolute atomic E-state index is 0.0901. The average Bonchev–Trinajstić information content (AvgIpc) is 2.61. The minimum Gasteiger partial charge on any atom is -0.387 e. The summed E-state index contributed by atoms with van der Waals surface area (Å²) in [4.78, 5) is 0. The van der Waals surface area contributed by atoms with Gasteiger partial charge in [-0.15, -0.1) is 0 Å². The van der Waals surface area contributed by atoms with Crippen LogP contribution in [-0.4, -0.2) is 31.9 Å². The van der Waals surface area contributed by atoms with Crippen molar-refractivity contribution in [1.29, 1.82) is 0 Å². The highest BCUT2D eigenvalue weighted by Gasteiger charge is 2.32. The molecule has 0 saturated heterocycles. The van der Waals surface area contributed by atoms with Gasteiger partial charge in [0.15, 0.2) is 0 Å². The SMILES string of the molecule is CC(N)C(O)c1ccc2c(c1)CC(C)N2S(C)(=O)=O. The summed E-state index contributed by atoms with van der Waals surface area (Å²) in [6, 6.07) is 4.89. The van der Waals surface area contributed by atoms with E-state index in [2.05, 4.69) is 0 Å². The molecule has 1 aliphatic heterocycles. The number of hydrogen-bond acceptors (Lipinski definition) is 4. The molecule has 1 heterocycles. The number of nitrogens with zero attached hydrogens (tertiary/aromatic N) is 1. The smallest absolute Gasteiger partial charge is 0.232 e. The number of benzene rings is 1. The number of sulfonamides is 1. The van der Waals surface area contributed by atoms with Crippen molar-refractivity contribution in [2.45, 2.75) is 38.5 Å². The maximum absolute atomic E-state index is 11.8. The number of aliphatic hydroxyl groups excluding tert-OH is 1. The predicted molar refractivity (Wildman–Crippen MR) is 75.5 cm³/mol. The zero-order chi connectivity index (χ0) is 14.4. The highest BCUT2D eigenvalue weighted by atomic mass is 32.2. The van der Waals surface area contributed by atoms with Crippen LogP contribution < -0.4 is 10.0 Å². The summed E-state index contributed by atoms with van der Waals surface area (Å²) in [6.07, 6.45) is 1.14. The fourth-order valence-corrected chi connectivity index (χ4v) is 3.88. The van der Waals surface area contributed by atoms with Crippen molar-refractivity contribution in [2.24, 2.45) is 5.73 Å². The number of rotatable bonds is 3. The summed E-state index contributed by atoms with van der Waals surface area (Å²) < 4.78 is 25.0. The lowest BCUT2D eigenvalue weighted by Gasteiger charge is -2.22. The van der Waals surface area contributed by atoms with Crippen LogP contribution in [-0.2, 0) is 16.4 Å². The van der Waals surface area contributed by atoms with E-state index >= 15 is 0 Å². The first kappa shape index (κ1) is 14.3. The Hall–Kier alpha value is -1.11. The van der Waals surface area contributed by atoms with Gasteiger partial charge in [0.05, 0.1) is 18.0 Å². The third-order valence-corrected chi connectivity index (χ3v) is 4.72. The number of anilines is 1. The molecule has 0 fully saturated rings. The Morgan fingerprint density at radius 1 is 1.47 bits per heavy atom. The molecule has 0 saturated carbocycles. The van der Waals surface area contributed by atoms with E-state index in [-0.39, 0.29) is 12.1 Å². The maximum atomic E-state index is 11.8. The average molecular weight is 284 g/mol. The zero-order valence-corrected chi connectivity index (χ0v) is 12.2. The fraction of sp³-hybridized carbons (Fsp3) is 0.538. The van der Waals surface area contributed by atoms with E-state index in [1.807, 2.05) is 13.0 Å². The van der Waals surface area contributed by atoms with Crippen LogP contribution in [0.1, 0.15) is 31.1 Å². The largest absolute Gasteiger partial charge is 0.387 e. The van der Waals surface area contributed by atoms with Crippen LogP contribution in [0.2, 0.25) is 0 Å². The van der Waals surface area contributed by atoms with Crippen molar-refractivity contribution < 1.29 is 13.5 Å². The maximum Gasteiger partial charge on any atom is 0.232 e. The zero-order valence-electron chi connectivity index (χ0n) is 11.4. The van der Waals surface area contributed by atoms with Crippen LogP contribution in [0.4, 0.5) is 5.69 Å². The van der Waals surface area contributed by atoms with Gasteiger partial charge in [-0.1, -0.05) is 12.1 Å². The van der Waals surface area contributed by atoms with Crippen molar-refractivity contribution in [3.63, 3.8) is 0 Å². The second-order valence-electron chi connectivity index (χ2n) is 5.30. The molecule has 1 aromatic rings. The van der Waals surface area contributed by atoms with E-state index in [1.54, 1.807) is 19.1 Å². The Kier molecular flexibility index (Phi) is 3.59. The molecule has 2 rings (SSSR count). The first-order valence-electron chi connectivity index (χ1n) is 6.27. The Bertz CT molecular complexity index is 584. The molecule has 0 radical (unpaired) electrons. The molecule has 1 aromatic carbocycles. The van der Waals surface area contributed by atoms with E-state index in [9.17, 15) is 13.5 Å². The van der Waals surface area contributed by atoms with Crippen LogP contribution in [0.5, 0.6) is 0 Å². The minimum atomic E-state index is -3.27. The van der Waals surface area contributed by atoms with E-state index in [4.69, 9.17) is 5.73 Å². The molecule has 0 spiro atoms. The first-order valence-corrected chi connectivity index (χ1v) is 8.12. The molecule has 0 bridgehead atoms. The fourth-order valence-electron chi connectivity index (χ4n) is 2.62. The summed E-state index contributed by atoms with van der Waals surface area (Å²) >= 11 is 0. The van der Waals surface area contributed by atoms with Crippen molar-refractivity contribution >= 4 is 15.7 Å². The van der Waals surface area contributed by atoms with Gasteiger partial charge in [-0.05, 0) is 37.5 Å². The third kappa shape index (κ3) is 2.61. The van der Waals surface area contributed by atoms with Crippen LogP contribution in [0.15, 0.2) is 18.2 Å². The van der Waals surface area contributed by atoms with Gasteiger partial charge >= 0.3 is 0 Å². The molecule has 0 aromatic heterocycles. The lowest BCUT2D eigenvalue weighted by molar-refractivity contribution is 0.153. The number of hydrogen-bond donors (Lipinski definition) is 2. The normalized spacial score (nSPS) is 22.2. The highest BCUT2D eigenvalue weighted by Crippen LogP contribution is 2.35. The summed E-state index contributed by atoms with van der Waals surface area (Å²) in [7, 11) is -3.27. The summed E-state index contributed by atoms with van der Waals surface area (Å²) in [5, 5.41) is 9.96. The molecule has 0 amide bonds. The first-order chi connectivity index (χ1) is 8.71. The molecule has 106 valence electrons. The molecule has 1 aliphatic rings. The van der Waals surface area contributed by atoms with Gasteiger partial charge in [-0.3, -0.25) is 4.31 Å². The lowest BCUT2D eigenvalue weighted by atomic mass is 10.00. The highest BCUT2D eigenvalue weighted by molar-refractivity contribution is 7.92. The van der Waals surface area contributed by atoms with E-state index in [0.717, 1.165) is 11.1 Å². The predicted octanol–water partition coefficient (Wildman–Crippen LogP) is 0.778. The van der Waals surface area contributed by atoms with Gasteiger partial charge in [0, 0.05) is 12.1 Å². The number of aliphatic hydroxyl groups is 1. The second-order valence-corrected chi connectivity index (χ2v) is 7.16. The molecule has 6 heteroatoms. The monoisotopic (exact) mass is 284 g/mol. The Morgan fingerprint density at radius 3 is 2.63 bits per heavy atom. The number of fused-ring (bicyclic) bond motifs is 1. The van der Waals surface area contributed by atoms with Crippen LogP contribution in [0.25, 0.3) is 0 Å². The van der Waals surface area contributed by atoms with Gasteiger partial charge in [0.25, 0.3) is 0 Å². The van der Waals surface area contributed by atoms with E-state index in [0.29, 0.717) is 12.1 Å². The van der Waals surface area contributed by atoms with Crippen LogP contribution >= 0.6 is 0 Å². The Morgan fingerprint density at radius 2 is 2.11 bits per heavy atom. The van der Waals surface area contributed by atoms with Gasteiger partial charge in [0.2, 0.25) is 10.0 Å². The summed E-state index contributed by atoms with van der Waals surface area (Å²) in [6.45, 7) is 3.62. The van der Waals surface area contributed by atoms with Gasteiger partial charge < -0.3 is 10.8 Å². The Balaban J connectivity index is 2.43. The topological polar surface area (TPSA) is 83.6 Å². The molecule has 19 heavy (non-hydrogen) atoms. The molecule has 3 unspecified atom stereocenters. The van der Waals surface area contributed by atoms with Gasteiger partial charge in [-0.25, -0.2) is 8.42 Å². The van der Waals surface area contributed by atoms with Crippen molar-refractivity contribution in [1.82, 2.24) is 0 Å². The summed E-state index contributed by atoms with van der Waals surface area (Å²) in [5.41, 5.74) is 8.06. The van der Waals surface area contributed by atoms with Crippen molar-refractivity contribution in [2.75, 3.05) is 10.6 Å². The van der Waals surface area contributed by atoms with Crippen LogP contribution in [0, 0.1) is 0 Å². The molecular weight excluding hydrogens is 264 g/mol. The van der Waals surface area contributed by atoms with Crippen LogP contribution in [0.3, 0.4) is 0 Å². The van der Waals surface area contributed by atoms with E-state index in [1.165, 1.54) is 10.6 Å². The Labute approximate surface area is 114 Å². The van der Waals surface area contributed by atoms with Gasteiger partial charge in [-0.2, -0.15) is 0 Å². The third-order valence-electron chi connectivity index (χ3n) is 3.45. The van der Waals surface area contributed by atoms with Gasteiger partial charge in [0.1, 0.15) is 0 Å². The quantitative estimate of drug-likeness (QED) is 0.859. The van der Waals surface area contributed by atoms with E-state index < -0.39 is 16.1 Å². The standard InChI is InChI=1S/C13H20N2O3S/c1-8-6-11-7-10(13(16)9(2)14)4-5-12(11)15(8)19(3,17)18/h4-5,7-9,13,16H,6,14H2,1-3H3.